The topological polar surface area (TPSA) is 32.0 Å². The van der Waals surface area contributed by atoms with E-state index in [9.17, 15) is 0 Å². The maximum Gasteiger partial charge on any atom is 0.125 e. The fourth-order valence-electron chi connectivity index (χ4n) is 7.38. The second-order valence-corrected chi connectivity index (χ2v) is 13.3. The summed E-state index contributed by atoms with van der Waals surface area (Å²) in [5.74, 6) is 0.791. The molecule has 3 nitrogen and oxygen atoms in total. The number of para-hydroxylation sites is 3. The number of hydrogen-bond acceptors (Lipinski definition) is 2. The van der Waals surface area contributed by atoms with Crippen molar-refractivity contribution in [3.63, 3.8) is 0 Å². The number of nitrogens with zero attached hydrogens (tertiary/aromatic N) is 2. The molecule has 1 N–H and O–H groups in total. The third-order valence-corrected chi connectivity index (χ3v) is 10.7. The number of nitrogens with one attached hydrogen (secondary N) is 1. The first-order valence-electron chi connectivity index (χ1n) is 15.8. The normalized spacial score (nSPS) is 17.6. The molecule has 7 aromatic rings. The summed E-state index contributed by atoms with van der Waals surface area (Å²) in [6.07, 6.45) is 14.7. The van der Waals surface area contributed by atoms with Gasteiger partial charge < -0.3 is 9.47 Å². The van der Waals surface area contributed by atoms with Crippen LogP contribution in [0.3, 0.4) is 0 Å². The van der Waals surface area contributed by atoms with Gasteiger partial charge in [-0.15, -0.1) is 11.3 Å². The molecule has 0 amide bonds. The zero-order valence-corrected chi connectivity index (χ0v) is 26.2. The van der Waals surface area contributed by atoms with Crippen molar-refractivity contribution in [2.45, 2.75) is 18.9 Å². The van der Waals surface area contributed by atoms with Crippen LogP contribution in [0.5, 0.6) is 0 Å². The average molecular weight is 610 g/mol. The number of benzene rings is 5. The summed E-state index contributed by atoms with van der Waals surface area (Å²) < 4.78 is 4.97. The van der Waals surface area contributed by atoms with Crippen molar-refractivity contribution < 1.29 is 0 Å². The molecule has 4 heteroatoms. The average Bonchev–Trinajstić information content (AvgIpc) is 3.75. The van der Waals surface area contributed by atoms with Crippen molar-refractivity contribution in [3.05, 3.63) is 163 Å². The van der Waals surface area contributed by atoms with Crippen LogP contribution in [0.1, 0.15) is 24.0 Å². The molecule has 1 aliphatic carbocycles. The van der Waals surface area contributed by atoms with Crippen molar-refractivity contribution >= 4 is 70.4 Å². The molecule has 2 unspecified atom stereocenters. The summed E-state index contributed by atoms with van der Waals surface area (Å²) in [5.41, 5.74) is 8.43. The molecule has 0 spiro atoms. The molecule has 0 bridgehead atoms. The van der Waals surface area contributed by atoms with Crippen LogP contribution in [-0.4, -0.2) is 16.4 Å². The van der Waals surface area contributed by atoms with Crippen LogP contribution >= 0.6 is 11.3 Å². The van der Waals surface area contributed by atoms with E-state index >= 15 is 0 Å². The second-order valence-electron chi connectivity index (χ2n) is 12.2. The number of amidine groups is 1. The highest BCUT2D eigenvalue weighted by molar-refractivity contribution is 7.25. The first kappa shape index (κ1) is 26.9. The Morgan fingerprint density at radius 1 is 0.717 bits per heavy atom. The smallest absolute Gasteiger partial charge is 0.125 e. The minimum absolute atomic E-state index is 0.148. The zero-order valence-electron chi connectivity index (χ0n) is 25.4. The predicted molar refractivity (Wildman–Crippen MR) is 198 cm³/mol. The summed E-state index contributed by atoms with van der Waals surface area (Å²) in [6, 6.07) is 39.6. The van der Waals surface area contributed by atoms with E-state index in [0.717, 1.165) is 5.69 Å². The molecule has 2 aromatic heterocycles. The van der Waals surface area contributed by atoms with Gasteiger partial charge in [-0.2, -0.15) is 0 Å². The number of allylic oxidation sites excluding steroid dienone is 5. The van der Waals surface area contributed by atoms with E-state index in [2.05, 4.69) is 156 Å². The highest BCUT2D eigenvalue weighted by Crippen LogP contribution is 2.44. The molecule has 0 fully saturated rings. The molecule has 0 saturated heterocycles. The van der Waals surface area contributed by atoms with Gasteiger partial charge in [0.05, 0.1) is 17.1 Å². The number of rotatable bonds is 4. The number of aromatic nitrogens is 1. The van der Waals surface area contributed by atoms with E-state index < -0.39 is 0 Å². The Hall–Kier alpha value is -5.45. The third-order valence-electron chi connectivity index (χ3n) is 9.57. The van der Waals surface area contributed by atoms with Gasteiger partial charge >= 0.3 is 0 Å². The monoisotopic (exact) mass is 609 g/mol. The Bertz CT molecular complexity index is 2430. The molecule has 0 radical (unpaired) electrons. The highest BCUT2D eigenvalue weighted by Gasteiger charge is 2.37. The van der Waals surface area contributed by atoms with Crippen molar-refractivity contribution in [2.24, 2.45) is 0 Å². The van der Waals surface area contributed by atoms with Crippen molar-refractivity contribution in [1.29, 1.82) is 5.41 Å². The Kier molecular flexibility index (Phi) is 6.19. The molecule has 0 saturated carbocycles. The molecule has 2 atom stereocenters. The Labute approximate surface area is 271 Å². The van der Waals surface area contributed by atoms with Crippen molar-refractivity contribution in [2.75, 3.05) is 4.90 Å². The fourth-order valence-corrected chi connectivity index (χ4v) is 8.50. The lowest BCUT2D eigenvalue weighted by Gasteiger charge is -2.27. The maximum absolute atomic E-state index is 8.98. The van der Waals surface area contributed by atoms with Gasteiger partial charge in [-0.25, -0.2) is 0 Å². The highest BCUT2D eigenvalue weighted by atomic mass is 32.1. The molecule has 3 heterocycles. The van der Waals surface area contributed by atoms with E-state index in [1.54, 1.807) is 0 Å². The lowest BCUT2D eigenvalue weighted by atomic mass is 9.91. The Morgan fingerprint density at radius 3 is 2.28 bits per heavy atom. The van der Waals surface area contributed by atoms with Gasteiger partial charge in [-0.3, -0.25) is 5.41 Å². The van der Waals surface area contributed by atoms with E-state index in [1.807, 2.05) is 23.5 Å². The predicted octanol–water partition coefficient (Wildman–Crippen LogP) is 11.2. The van der Waals surface area contributed by atoms with Crippen molar-refractivity contribution in [1.82, 2.24) is 4.57 Å². The molecule has 2 aliphatic rings. The first-order chi connectivity index (χ1) is 22.7. The molecular weight excluding hydrogens is 579 g/mol. The van der Waals surface area contributed by atoms with Gasteiger partial charge in [0.1, 0.15) is 5.84 Å². The lowest BCUT2D eigenvalue weighted by Crippen LogP contribution is -2.36. The molecule has 46 heavy (non-hydrogen) atoms. The first-order valence-corrected chi connectivity index (χ1v) is 16.6. The van der Waals surface area contributed by atoms with E-state index in [0.29, 0.717) is 5.84 Å². The van der Waals surface area contributed by atoms with Gasteiger partial charge in [-0.1, -0.05) is 103 Å². The minimum atomic E-state index is 0.148. The van der Waals surface area contributed by atoms with E-state index in [1.165, 1.54) is 64.4 Å². The van der Waals surface area contributed by atoms with Crippen LogP contribution in [0, 0.1) is 5.41 Å². The second kappa shape index (κ2) is 10.6. The van der Waals surface area contributed by atoms with Crippen LogP contribution in [0.4, 0.5) is 5.69 Å². The lowest BCUT2D eigenvalue weighted by molar-refractivity contribution is 0.755. The quantitative estimate of drug-likeness (QED) is 0.120. The van der Waals surface area contributed by atoms with Gasteiger partial charge in [0.15, 0.2) is 0 Å². The molecule has 9 rings (SSSR count). The maximum atomic E-state index is 8.98. The number of fused-ring (bicyclic) bond motifs is 9. The van der Waals surface area contributed by atoms with Crippen molar-refractivity contribution in [3.8, 4) is 5.69 Å². The minimum Gasteiger partial charge on any atom is -0.319 e. The summed E-state index contributed by atoms with van der Waals surface area (Å²) in [6.45, 7) is 2.15. The summed E-state index contributed by atoms with van der Waals surface area (Å²) in [5, 5.41) is 14.1. The Balaban J connectivity index is 1.03. The molecule has 1 aliphatic heterocycles. The standard InChI is InChI=1S/C42H31N3S/c1-27(11-10-20-42(43)45-38-18-8-4-14-32(38)33-15-5-9-19-39(33)45)28-21-24-40-35(25-28)34-23-22-29(26-41(34)46-40)44-36-16-6-2-12-30(36)31-13-3-7-17-37(31)44/h2-26,32,38,43H,1H3/b20-10-,27-11+,43-42?. The Morgan fingerprint density at radius 2 is 1.46 bits per heavy atom. The SMILES string of the molecule is C/C(=C\C=C/C(=N)N1c2ccccc2C2C=CC=CC21)c1ccc2sc3cc(-n4c5ccccc5c5ccccc54)ccc3c2c1. The third kappa shape index (κ3) is 4.14. The number of thiophene rings is 1. The van der Waals surface area contributed by atoms with Gasteiger partial charge in [0.2, 0.25) is 0 Å². The van der Waals surface area contributed by atoms with Crippen LogP contribution in [0.15, 0.2) is 152 Å². The fraction of sp³-hybridized carbons (Fsp3) is 0.0714. The van der Waals surface area contributed by atoms with Crippen LogP contribution < -0.4 is 4.90 Å². The van der Waals surface area contributed by atoms with Gasteiger partial charge in [0.25, 0.3) is 0 Å². The van der Waals surface area contributed by atoms with E-state index in [-0.39, 0.29) is 12.0 Å². The van der Waals surface area contributed by atoms with Crippen LogP contribution in [0.25, 0.3) is 53.2 Å². The van der Waals surface area contributed by atoms with E-state index in [4.69, 9.17) is 5.41 Å². The molecule has 220 valence electrons. The van der Waals surface area contributed by atoms with Crippen LogP contribution in [0.2, 0.25) is 0 Å². The van der Waals surface area contributed by atoms with Crippen LogP contribution in [-0.2, 0) is 0 Å². The summed E-state index contributed by atoms with van der Waals surface area (Å²) in [4.78, 5) is 2.15. The van der Waals surface area contributed by atoms with Gasteiger partial charge in [-0.05, 0) is 72.2 Å². The van der Waals surface area contributed by atoms with Gasteiger partial charge in [0, 0.05) is 48.2 Å². The summed E-state index contributed by atoms with van der Waals surface area (Å²) >= 11 is 1.85. The number of hydrogen-bond donors (Lipinski definition) is 1. The summed E-state index contributed by atoms with van der Waals surface area (Å²) in [7, 11) is 0. The number of anilines is 1. The largest absolute Gasteiger partial charge is 0.319 e. The zero-order chi connectivity index (χ0) is 30.8. The molecular formula is C42H31N3S. The molecule has 5 aromatic carbocycles.